The highest BCUT2D eigenvalue weighted by atomic mass is 32.2. The van der Waals surface area contributed by atoms with Gasteiger partial charge in [0.15, 0.2) is 0 Å². The van der Waals surface area contributed by atoms with E-state index in [-0.39, 0.29) is 5.57 Å². The van der Waals surface area contributed by atoms with Gasteiger partial charge < -0.3 is 10.2 Å². The first-order valence-electron chi connectivity index (χ1n) is 9.69. The molecular weight excluding hydrogens is 390 g/mol. The van der Waals surface area contributed by atoms with Crippen molar-refractivity contribution in [2.75, 3.05) is 16.8 Å². The van der Waals surface area contributed by atoms with Gasteiger partial charge in [-0.3, -0.25) is 4.79 Å². The van der Waals surface area contributed by atoms with Gasteiger partial charge in [0.25, 0.3) is 5.91 Å². The van der Waals surface area contributed by atoms with E-state index in [1.54, 1.807) is 18.0 Å². The molecule has 150 valence electrons. The molecule has 3 aromatic rings. The van der Waals surface area contributed by atoms with Crippen molar-refractivity contribution in [3.8, 4) is 6.07 Å². The van der Waals surface area contributed by atoms with Crippen LogP contribution in [0.5, 0.6) is 0 Å². The summed E-state index contributed by atoms with van der Waals surface area (Å²) in [5.74, 6) is -0.426. The second-order valence-corrected chi connectivity index (χ2v) is 7.76. The van der Waals surface area contributed by atoms with Gasteiger partial charge in [-0.15, -0.1) is 0 Å². The van der Waals surface area contributed by atoms with Crippen LogP contribution in [0, 0.1) is 18.3 Å². The Morgan fingerprint density at radius 2 is 1.80 bits per heavy atom. The Balaban J connectivity index is 1.82. The molecule has 0 saturated carbocycles. The van der Waals surface area contributed by atoms with Crippen molar-refractivity contribution in [3.05, 3.63) is 96.2 Å². The minimum absolute atomic E-state index is 0.0536. The molecule has 4 nitrogen and oxygen atoms in total. The Hall–Kier alpha value is -3.49. The molecule has 0 atom stereocenters. The molecular formula is C25H23N3OS. The van der Waals surface area contributed by atoms with Gasteiger partial charge in [0.2, 0.25) is 0 Å². The highest BCUT2D eigenvalue weighted by Gasteiger charge is 2.14. The first-order valence-corrected chi connectivity index (χ1v) is 10.5. The number of carbonyl (C=O) groups is 1. The van der Waals surface area contributed by atoms with Crippen LogP contribution in [0.4, 0.5) is 11.4 Å². The summed E-state index contributed by atoms with van der Waals surface area (Å²) in [6, 6.07) is 27.6. The molecule has 0 aliphatic carbocycles. The van der Waals surface area contributed by atoms with E-state index in [4.69, 9.17) is 0 Å². The quantitative estimate of drug-likeness (QED) is 0.380. The van der Waals surface area contributed by atoms with E-state index in [1.807, 2.05) is 104 Å². The molecule has 0 saturated heterocycles. The average molecular weight is 414 g/mol. The number of nitriles is 1. The second kappa shape index (κ2) is 10.3. The Morgan fingerprint density at radius 1 is 1.07 bits per heavy atom. The van der Waals surface area contributed by atoms with Crippen LogP contribution in [0.15, 0.2) is 100 Å². The predicted octanol–water partition coefficient (Wildman–Crippen LogP) is 6.02. The number of anilines is 2. The Kier molecular flexibility index (Phi) is 7.31. The van der Waals surface area contributed by atoms with Crippen LogP contribution in [-0.4, -0.2) is 12.5 Å². The molecule has 0 bridgehead atoms. The summed E-state index contributed by atoms with van der Waals surface area (Å²) in [6.45, 7) is 4.64. The van der Waals surface area contributed by atoms with Crippen LogP contribution < -0.4 is 10.2 Å². The van der Waals surface area contributed by atoms with Crippen LogP contribution >= 0.6 is 11.8 Å². The SMILES string of the molecule is CCN(/C=C(/C#N)C(=O)Nc1ccccc1Sc1ccccc1)c1cccc(C)c1. The third-order valence-electron chi connectivity index (χ3n) is 4.43. The number of para-hydroxylation sites is 1. The summed E-state index contributed by atoms with van der Waals surface area (Å²) in [6.07, 6.45) is 1.61. The van der Waals surface area contributed by atoms with Crippen molar-refractivity contribution in [2.24, 2.45) is 0 Å². The molecule has 0 spiro atoms. The number of nitrogens with one attached hydrogen (secondary N) is 1. The maximum atomic E-state index is 12.9. The van der Waals surface area contributed by atoms with Gasteiger partial charge in [-0.2, -0.15) is 5.26 Å². The van der Waals surface area contributed by atoms with Gasteiger partial charge in [-0.1, -0.05) is 54.2 Å². The van der Waals surface area contributed by atoms with Gasteiger partial charge in [-0.05, 0) is 55.8 Å². The average Bonchev–Trinajstić information content (AvgIpc) is 2.76. The maximum Gasteiger partial charge on any atom is 0.267 e. The van der Waals surface area contributed by atoms with Crippen LogP contribution in [0.2, 0.25) is 0 Å². The normalized spacial score (nSPS) is 10.9. The summed E-state index contributed by atoms with van der Waals surface area (Å²) in [7, 11) is 0. The van der Waals surface area contributed by atoms with Crippen molar-refractivity contribution in [1.29, 1.82) is 5.26 Å². The number of carbonyl (C=O) groups excluding carboxylic acids is 1. The summed E-state index contributed by atoms with van der Waals surface area (Å²) >= 11 is 1.56. The van der Waals surface area contributed by atoms with E-state index in [2.05, 4.69) is 5.32 Å². The number of hydrogen-bond donors (Lipinski definition) is 1. The van der Waals surface area contributed by atoms with E-state index in [1.165, 1.54) is 0 Å². The standard InChI is InChI=1S/C25H23N3OS/c1-3-28(21-11-9-10-19(2)16-21)18-20(17-26)25(29)27-23-14-7-8-15-24(23)30-22-12-5-4-6-13-22/h4-16,18H,3H2,1-2H3,(H,27,29)/b20-18-. The highest BCUT2D eigenvalue weighted by molar-refractivity contribution is 7.99. The van der Waals surface area contributed by atoms with Crippen molar-refractivity contribution in [3.63, 3.8) is 0 Å². The molecule has 0 radical (unpaired) electrons. The summed E-state index contributed by atoms with van der Waals surface area (Å²) < 4.78 is 0. The molecule has 30 heavy (non-hydrogen) atoms. The fraction of sp³-hybridized carbons (Fsp3) is 0.120. The molecule has 1 amide bonds. The Labute approximate surface area is 181 Å². The monoisotopic (exact) mass is 413 g/mol. The minimum atomic E-state index is -0.426. The number of benzene rings is 3. The van der Waals surface area contributed by atoms with Crippen molar-refractivity contribution in [2.45, 2.75) is 23.6 Å². The lowest BCUT2D eigenvalue weighted by Crippen LogP contribution is -2.21. The molecule has 0 aromatic heterocycles. The number of aryl methyl sites for hydroxylation is 1. The third-order valence-corrected chi connectivity index (χ3v) is 5.51. The van der Waals surface area contributed by atoms with Gasteiger partial charge >= 0.3 is 0 Å². The van der Waals surface area contributed by atoms with E-state index in [0.717, 1.165) is 21.0 Å². The largest absolute Gasteiger partial charge is 0.347 e. The zero-order valence-electron chi connectivity index (χ0n) is 17.0. The molecule has 0 aliphatic heterocycles. The van der Waals surface area contributed by atoms with Crippen LogP contribution in [0.25, 0.3) is 0 Å². The van der Waals surface area contributed by atoms with Gasteiger partial charge in [0, 0.05) is 28.2 Å². The number of amides is 1. The van der Waals surface area contributed by atoms with E-state index in [0.29, 0.717) is 12.2 Å². The minimum Gasteiger partial charge on any atom is -0.347 e. The third kappa shape index (κ3) is 5.53. The molecule has 0 heterocycles. The summed E-state index contributed by atoms with van der Waals surface area (Å²) in [5, 5.41) is 12.5. The topological polar surface area (TPSA) is 56.1 Å². The maximum absolute atomic E-state index is 12.9. The van der Waals surface area contributed by atoms with Gasteiger partial charge in [0.1, 0.15) is 11.6 Å². The van der Waals surface area contributed by atoms with Crippen molar-refractivity contribution in [1.82, 2.24) is 0 Å². The zero-order chi connectivity index (χ0) is 21.3. The number of nitrogens with zero attached hydrogens (tertiary/aromatic N) is 2. The summed E-state index contributed by atoms with van der Waals surface area (Å²) in [5.41, 5.74) is 2.79. The molecule has 0 fully saturated rings. The Morgan fingerprint density at radius 3 is 2.50 bits per heavy atom. The Bertz CT molecular complexity index is 1090. The van der Waals surface area contributed by atoms with Crippen molar-refractivity contribution >= 4 is 29.0 Å². The lowest BCUT2D eigenvalue weighted by atomic mass is 10.2. The lowest BCUT2D eigenvalue weighted by Gasteiger charge is -2.19. The summed E-state index contributed by atoms with van der Waals surface area (Å²) in [4.78, 5) is 16.8. The first-order chi connectivity index (χ1) is 14.6. The van der Waals surface area contributed by atoms with Crippen molar-refractivity contribution < 1.29 is 4.79 Å². The molecule has 3 aromatic carbocycles. The van der Waals surface area contributed by atoms with E-state index in [9.17, 15) is 10.1 Å². The van der Waals surface area contributed by atoms with E-state index < -0.39 is 5.91 Å². The molecule has 5 heteroatoms. The fourth-order valence-electron chi connectivity index (χ4n) is 2.91. The van der Waals surface area contributed by atoms with Crippen LogP contribution in [0.3, 0.4) is 0 Å². The molecule has 0 unspecified atom stereocenters. The highest BCUT2D eigenvalue weighted by Crippen LogP contribution is 2.33. The predicted molar refractivity (Wildman–Crippen MR) is 124 cm³/mol. The van der Waals surface area contributed by atoms with Crippen LogP contribution in [0.1, 0.15) is 12.5 Å². The zero-order valence-corrected chi connectivity index (χ0v) is 17.8. The molecule has 3 rings (SSSR count). The van der Waals surface area contributed by atoms with Gasteiger partial charge in [0.05, 0.1) is 5.69 Å². The molecule has 1 N–H and O–H groups in total. The van der Waals surface area contributed by atoms with E-state index >= 15 is 0 Å². The van der Waals surface area contributed by atoms with Gasteiger partial charge in [-0.25, -0.2) is 0 Å². The lowest BCUT2D eigenvalue weighted by molar-refractivity contribution is -0.112. The van der Waals surface area contributed by atoms with Crippen LogP contribution in [-0.2, 0) is 4.79 Å². The number of rotatable bonds is 7. The smallest absolute Gasteiger partial charge is 0.267 e. The fourth-order valence-corrected chi connectivity index (χ4v) is 3.84. The molecule has 0 aliphatic rings. The number of hydrogen-bond acceptors (Lipinski definition) is 4. The first kappa shape index (κ1) is 21.2. The second-order valence-electron chi connectivity index (χ2n) is 6.64.